The fraction of sp³-hybridized carbons (Fsp3) is 0.143. The van der Waals surface area contributed by atoms with E-state index in [1.807, 2.05) is 0 Å². The number of amides is 1. The van der Waals surface area contributed by atoms with Gasteiger partial charge in [0.1, 0.15) is 6.54 Å². The molecule has 115 valence electrons. The van der Waals surface area contributed by atoms with Gasteiger partial charge in [0.2, 0.25) is 5.91 Å². The van der Waals surface area contributed by atoms with Crippen LogP contribution in [-0.4, -0.2) is 25.0 Å². The molecule has 1 aromatic carbocycles. The molecule has 0 bridgehead atoms. The van der Waals surface area contributed by atoms with E-state index in [1.54, 1.807) is 24.3 Å². The van der Waals surface area contributed by atoms with Crippen molar-refractivity contribution in [3.63, 3.8) is 0 Å². The Hall–Kier alpha value is -2.06. The average molecular weight is 387 g/mol. The summed E-state index contributed by atoms with van der Waals surface area (Å²) in [6.45, 7) is -0.0869. The van der Waals surface area contributed by atoms with Gasteiger partial charge >= 0.3 is 5.69 Å². The number of carbonyl (C=O) groups excluding carboxylic acids is 1. The Balaban J connectivity index is 0.00000192. The largest absolute Gasteiger partial charge is 0.348 e. The van der Waals surface area contributed by atoms with Crippen molar-refractivity contribution >= 4 is 22.8 Å². The Morgan fingerprint density at radius 2 is 2.04 bits per heavy atom. The normalized spacial score (nSPS) is 10.3. The van der Waals surface area contributed by atoms with Crippen molar-refractivity contribution in [3.05, 3.63) is 57.5 Å². The van der Waals surface area contributed by atoms with E-state index in [-0.39, 0.29) is 56.3 Å². The van der Waals surface area contributed by atoms with Crippen molar-refractivity contribution in [3.8, 4) is 0 Å². The topological polar surface area (TPSA) is 102 Å². The number of nitrogens with zero attached hydrogens (tertiary/aromatic N) is 3. The number of fused-ring (bicyclic) bond motifs is 1. The van der Waals surface area contributed by atoms with E-state index < -0.39 is 11.2 Å². The molecule has 8 nitrogen and oxygen atoms in total. The van der Waals surface area contributed by atoms with E-state index in [1.165, 1.54) is 22.5 Å². The first-order chi connectivity index (χ1) is 10.6. The standard InChI is InChI=1S/C14H12N5O3.Y/c1-18-12-11(13(21)17-14(18)22)19(8-15-12)7-10(20)16-9-5-3-2-4-6-9;/h3-6,8H,7H2,1H3,(H,16,20)(H,17,21,22);/q-1;. The number of nitrogens with one attached hydrogen (secondary N) is 2. The zero-order valence-electron chi connectivity index (χ0n) is 12.2. The van der Waals surface area contributed by atoms with Gasteiger partial charge in [-0.3, -0.25) is 19.1 Å². The van der Waals surface area contributed by atoms with Crippen LogP contribution in [0.1, 0.15) is 0 Å². The van der Waals surface area contributed by atoms with Crippen molar-refractivity contribution in [2.75, 3.05) is 5.32 Å². The summed E-state index contributed by atoms with van der Waals surface area (Å²) < 4.78 is 2.62. The molecule has 0 aliphatic carbocycles. The molecule has 2 N–H and O–H groups in total. The van der Waals surface area contributed by atoms with Gasteiger partial charge in [-0.1, -0.05) is 5.69 Å². The number of benzene rings is 1. The van der Waals surface area contributed by atoms with Crippen LogP contribution in [0.4, 0.5) is 5.69 Å². The minimum Gasteiger partial charge on any atom is -0.348 e. The molecule has 3 rings (SSSR count). The van der Waals surface area contributed by atoms with Gasteiger partial charge in [-0.15, -0.1) is 12.1 Å². The first-order valence-corrected chi connectivity index (χ1v) is 6.46. The van der Waals surface area contributed by atoms with E-state index in [2.05, 4.69) is 21.4 Å². The van der Waals surface area contributed by atoms with E-state index in [0.29, 0.717) is 5.69 Å². The molecule has 0 aliphatic heterocycles. The molecule has 3 aromatic rings. The quantitative estimate of drug-likeness (QED) is 0.611. The third kappa shape index (κ3) is 3.48. The van der Waals surface area contributed by atoms with Crippen LogP contribution in [0.15, 0.2) is 40.2 Å². The summed E-state index contributed by atoms with van der Waals surface area (Å²) in [7, 11) is 1.50. The number of rotatable bonds is 3. The number of aromatic nitrogens is 4. The Kier molecular flexibility index (Phi) is 5.28. The van der Waals surface area contributed by atoms with Crippen molar-refractivity contribution < 1.29 is 37.5 Å². The van der Waals surface area contributed by atoms with E-state index >= 15 is 0 Å². The van der Waals surface area contributed by atoms with Gasteiger partial charge in [0.05, 0.1) is 6.33 Å². The number of aryl methyl sites for hydroxylation is 1. The van der Waals surface area contributed by atoms with Crippen LogP contribution in [0.3, 0.4) is 0 Å². The molecule has 1 radical (unpaired) electrons. The molecule has 23 heavy (non-hydrogen) atoms. The van der Waals surface area contributed by atoms with E-state index in [0.717, 1.165) is 0 Å². The third-order valence-corrected chi connectivity index (χ3v) is 3.19. The number of anilines is 1. The Bertz CT molecular complexity index is 958. The second-order valence-electron chi connectivity index (χ2n) is 4.70. The molecule has 0 aliphatic rings. The first-order valence-electron chi connectivity index (χ1n) is 6.46. The average Bonchev–Trinajstić information content (AvgIpc) is 2.90. The second-order valence-corrected chi connectivity index (χ2v) is 4.70. The van der Waals surface area contributed by atoms with Crippen molar-refractivity contribution in [2.45, 2.75) is 6.54 Å². The maximum atomic E-state index is 12.0. The molecule has 0 saturated heterocycles. The van der Waals surface area contributed by atoms with Crippen LogP contribution >= 0.6 is 0 Å². The SMILES string of the molecule is Cn1c(=O)[nH]c(=O)c2c1ncn2CC(=O)Nc1cc[c-]cc1.[Y]. The molecule has 2 aromatic heterocycles. The third-order valence-electron chi connectivity index (χ3n) is 3.19. The molecule has 0 fully saturated rings. The summed E-state index contributed by atoms with van der Waals surface area (Å²) in [5, 5.41) is 2.70. The minimum atomic E-state index is -0.572. The van der Waals surface area contributed by atoms with Crippen LogP contribution in [0, 0.1) is 6.07 Å². The Morgan fingerprint density at radius 3 is 2.74 bits per heavy atom. The van der Waals surface area contributed by atoms with Gasteiger partial charge < -0.3 is 9.88 Å². The van der Waals surface area contributed by atoms with Crippen LogP contribution in [0.25, 0.3) is 11.2 Å². The number of H-pyrrole nitrogens is 1. The number of imidazole rings is 1. The van der Waals surface area contributed by atoms with Gasteiger partial charge in [0, 0.05) is 39.8 Å². The summed E-state index contributed by atoms with van der Waals surface area (Å²) in [6, 6.07) is 9.63. The first kappa shape index (κ1) is 17.3. The molecule has 9 heteroatoms. The summed E-state index contributed by atoms with van der Waals surface area (Å²) >= 11 is 0. The number of aromatic amines is 1. The molecule has 0 atom stereocenters. The number of carbonyl (C=O) groups is 1. The van der Waals surface area contributed by atoms with Crippen LogP contribution in [-0.2, 0) is 51.1 Å². The van der Waals surface area contributed by atoms with Crippen molar-refractivity contribution in [1.82, 2.24) is 19.1 Å². The van der Waals surface area contributed by atoms with Gasteiger partial charge in [-0.2, -0.15) is 18.2 Å². The van der Waals surface area contributed by atoms with Crippen molar-refractivity contribution in [1.29, 1.82) is 0 Å². The zero-order valence-corrected chi connectivity index (χ0v) is 15.1. The van der Waals surface area contributed by atoms with E-state index in [9.17, 15) is 14.4 Å². The van der Waals surface area contributed by atoms with Gasteiger partial charge in [0.15, 0.2) is 11.2 Å². The minimum absolute atomic E-state index is 0. The monoisotopic (exact) mass is 387 g/mol. The van der Waals surface area contributed by atoms with E-state index in [4.69, 9.17) is 0 Å². The molecule has 0 unspecified atom stereocenters. The van der Waals surface area contributed by atoms with Crippen molar-refractivity contribution in [2.24, 2.45) is 7.05 Å². The Labute approximate surface area is 155 Å². The Morgan fingerprint density at radius 1 is 1.35 bits per heavy atom. The van der Waals surface area contributed by atoms with Gasteiger partial charge in [0.25, 0.3) is 5.56 Å². The second kappa shape index (κ2) is 7.01. The predicted octanol–water partition coefficient (Wildman–Crippen LogP) is -0.140. The van der Waals surface area contributed by atoms with Crippen LogP contribution in [0.2, 0.25) is 0 Å². The number of hydrogen-bond donors (Lipinski definition) is 2. The summed E-state index contributed by atoms with van der Waals surface area (Å²) in [4.78, 5) is 41.7. The summed E-state index contributed by atoms with van der Waals surface area (Å²) in [5.41, 5.74) is -0.0746. The summed E-state index contributed by atoms with van der Waals surface area (Å²) in [5.74, 6) is -0.307. The fourth-order valence-electron chi connectivity index (χ4n) is 2.13. The maximum absolute atomic E-state index is 12.0. The smallest absolute Gasteiger partial charge is 0.329 e. The fourth-order valence-corrected chi connectivity index (χ4v) is 2.13. The molecule has 0 spiro atoms. The van der Waals surface area contributed by atoms with Crippen LogP contribution < -0.4 is 16.6 Å². The zero-order chi connectivity index (χ0) is 15.7. The summed E-state index contributed by atoms with van der Waals surface area (Å²) in [6.07, 6.45) is 1.36. The maximum Gasteiger partial charge on any atom is 0.329 e. The number of hydrogen-bond acceptors (Lipinski definition) is 4. The predicted molar refractivity (Wildman–Crippen MR) is 79.5 cm³/mol. The molecule has 2 heterocycles. The molecule has 0 saturated carbocycles. The molecular weight excluding hydrogens is 375 g/mol. The van der Waals surface area contributed by atoms with Gasteiger partial charge in [-0.05, 0) is 0 Å². The van der Waals surface area contributed by atoms with Gasteiger partial charge in [-0.25, -0.2) is 9.78 Å². The molecular formula is C14H12N5O3Y-. The molecule has 1 amide bonds. The van der Waals surface area contributed by atoms with Crippen LogP contribution in [0.5, 0.6) is 0 Å².